The number of rotatable bonds is 3. The van der Waals surface area contributed by atoms with Crippen molar-refractivity contribution in [1.29, 1.82) is 0 Å². The average Bonchev–Trinajstić information content (AvgIpc) is 3.03. The second-order valence-corrected chi connectivity index (χ2v) is 6.44. The van der Waals surface area contributed by atoms with Crippen LogP contribution in [0.3, 0.4) is 0 Å². The summed E-state index contributed by atoms with van der Waals surface area (Å²) < 4.78 is 18.4. The molecule has 0 fully saturated rings. The minimum absolute atomic E-state index is 0.0800. The molecule has 3 rings (SSSR count). The third kappa shape index (κ3) is 3.03. The highest BCUT2D eigenvalue weighted by Gasteiger charge is 2.30. The molecule has 2 heterocycles. The maximum Gasteiger partial charge on any atom is 0.322 e. The number of nitrogens with one attached hydrogen (secondary N) is 1. The first-order valence-corrected chi connectivity index (χ1v) is 8.49. The van der Waals surface area contributed by atoms with E-state index in [0.29, 0.717) is 18.0 Å². The first-order valence-electron chi connectivity index (χ1n) is 7.61. The Morgan fingerprint density at radius 3 is 3.04 bits per heavy atom. The van der Waals surface area contributed by atoms with E-state index in [-0.39, 0.29) is 12.1 Å². The lowest BCUT2D eigenvalue weighted by molar-refractivity contribution is 0.181. The van der Waals surface area contributed by atoms with Crippen LogP contribution < -0.4 is 10.1 Å². The minimum Gasteiger partial charge on any atom is -0.494 e. The fourth-order valence-electron chi connectivity index (χ4n) is 3.04. The Bertz CT molecular complexity index is 716. The average molecular weight is 334 g/mol. The number of carbonyl (C=O) groups is 1. The summed E-state index contributed by atoms with van der Waals surface area (Å²) in [4.78, 5) is 15.9. The summed E-state index contributed by atoms with van der Waals surface area (Å²) in [5, 5.41) is 4.93. The molecule has 1 atom stereocenters. The summed E-state index contributed by atoms with van der Waals surface area (Å²) in [6.45, 7) is 2.76. The summed E-state index contributed by atoms with van der Waals surface area (Å²) in [7, 11) is 1.46. The second kappa shape index (κ2) is 6.58. The van der Waals surface area contributed by atoms with Gasteiger partial charge in [0.15, 0.2) is 0 Å². The Morgan fingerprint density at radius 1 is 1.48 bits per heavy atom. The molecular formula is C17H19FN2O2S. The van der Waals surface area contributed by atoms with E-state index < -0.39 is 5.82 Å². The van der Waals surface area contributed by atoms with Gasteiger partial charge in [0.2, 0.25) is 0 Å². The normalized spacial score (nSPS) is 16.8. The van der Waals surface area contributed by atoms with Crippen molar-refractivity contribution in [3.8, 4) is 5.75 Å². The minimum atomic E-state index is -0.396. The van der Waals surface area contributed by atoms with Gasteiger partial charge in [0.25, 0.3) is 0 Å². The van der Waals surface area contributed by atoms with Gasteiger partial charge in [0.05, 0.1) is 18.8 Å². The molecule has 1 aliphatic rings. The molecule has 0 saturated heterocycles. The van der Waals surface area contributed by atoms with Gasteiger partial charge >= 0.3 is 6.03 Å². The van der Waals surface area contributed by atoms with Crippen molar-refractivity contribution in [3.05, 3.63) is 45.9 Å². The number of amides is 2. The van der Waals surface area contributed by atoms with E-state index in [4.69, 9.17) is 4.74 Å². The molecule has 1 N–H and O–H groups in total. The van der Waals surface area contributed by atoms with Crippen molar-refractivity contribution in [3.63, 3.8) is 0 Å². The number of benzene rings is 1. The number of carbonyl (C=O) groups excluding carboxylic acids is 1. The molecule has 0 aliphatic carbocycles. The molecule has 0 saturated carbocycles. The van der Waals surface area contributed by atoms with Crippen LogP contribution in [-0.2, 0) is 6.42 Å². The van der Waals surface area contributed by atoms with Gasteiger partial charge in [-0.2, -0.15) is 0 Å². The summed E-state index contributed by atoms with van der Waals surface area (Å²) in [5.74, 6) is -0.0770. The van der Waals surface area contributed by atoms with Crippen molar-refractivity contribution >= 4 is 23.1 Å². The lowest BCUT2D eigenvalue weighted by Gasteiger charge is -2.35. The number of hydrogen-bond acceptors (Lipinski definition) is 3. The smallest absolute Gasteiger partial charge is 0.322 e. The zero-order valence-electron chi connectivity index (χ0n) is 13.1. The molecule has 6 heteroatoms. The lowest BCUT2D eigenvalue weighted by Crippen LogP contribution is -2.41. The topological polar surface area (TPSA) is 41.6 Å². The summed E-state index contributed by atoms with van der Waals surface area (Å²) in [6, 6.07) is 6.09. The molecule has 4 nitrogen and oxygen atoms in total. The maximum atomic E-state index is 13.3. The van der Waals surface area contributed by atoms with Gasteiger partial charge in [-0.05, 0) is 42.0 Å². The molecule has 2 aromatic rings. The maximum absolute atomic E-state index is 13.3. The number of urea groups is 1. The van der Waals surface area contributed by atoms with Crippen LogP contribution >= 0.6 is 11.3 Å². The molecule has 1 aromatic heterocycles. The highest BCUT2D eigenvalue weighted by atomic mass is 32.1. The van der Waals surface area contributed by atoms with Crippen LogP contribution in [0, 0.1) is 5.82 Å². The highest BCUT2D eigenvalue weighted by molar-refractivity contribution is 7.10. The number of fused-ring (bicyclic) bond motifs is 1. The zero-order valence-corrected chi connectivity index (χ0v) is 14.0. The van der Waals surface area contributed by atoms with Crippen LogP contribution in [0.5, 0.6) is 5.75 Å². The van der Waals surface area contributed by atoms with Gasteiger partial charge in [-0.3, -0.25) is 0 Å². The van der Waals surface area contributed by atoms with Crippen LogP contribution in [0.15, 0.2) is 29.6 Å². The molecule has 1 aliphatic heterocycles. The molecule has 1 aromatic carbocycles. The Balaban J connectivity index is 1.81. The summed E-state index contributed by atoms with van der Waals surface area (Å²) >= 11 is 1.75. The van der Waals surface area contributed by atoms with E-state index in [2.05, 4.69) is 23.7 Å². The van der Waals surface area contributed by atoms with Crippen LogP contribution in [0.1, 0.15) is 29.8 Å². The van der Waals surface area contributed by atoms with Gasteiger partial charge in [-0.25, -0.2) is 9.18 Å². The molecule has 1 unspecified atom stereocenters. The van der Waals surface area contributed by atoms with E-state index in [1.807, 2.05) is 4.90 Å². The Hall–Kier alpha value is -2.08. The molecule has 2 amide bonds. The lowest BCUT2D eigenvalue weighted by atomic mass is 9.98. The molecule has 0 radical (unpaired) electrons. The van der Waals surface area contributed by atoms with Crippen LogP contribution in [0.4, 0.5) is 14.9 Å². The monoisotopic (exact) mass is 334 g/mol. The number of methoxy groups -OCH3 is 1. The van der Waals surface area contributed by atoms with E-state index >= 15 is 0 Å². The first-order chi connectivity index (χ1) is 11.1. The Kier molecular flexibility index (Phi) is 4.52. The SMILES string of the molecule is CCC1c2ccsc2CCN1C(=O)Nc1ccc(F)cc1OC. The highest BCUT2D eigenvalue weighted by Crippen LogP contribution is 2.36. The third-order valence-electron chi connectivity index (χ3n) is 4.15. The Labute approximate surface area is 138 Å². The van der Waals surface area contributed by atoms with E-state index in [9.17, 15) is 9.18 Å². The van der Waals surface area contributed by atoms with Crippen molar-refractivity contribution in [2.75, 3.05) is 19.0 Å². The fourth-order valence-corrected chi connectivity index (χ4v) is 3.96. The summed E-state index contributed by atoms with van der Waals surface area (Å²) in [6.07, 6.45) is 1.73. The van der Waals surface area contributed by atoms with Gasteiger partial charge in [0, 0.05) is 17.5 Å². The predicted molar refractivity (Wildman–Crippen MR) is 89.7 cm³/mol. The van der Waals surface area contributed by atoms with Crippen LogP contribution in [0.25, 0.3) is 0 Å². The van der Waals surface area contributed by atoms with Gasteiger partial charge < -0.3 is 15.0 Å². The quantitative estimate of drug-likeness (QED) is 0.902. The third-order valence-corrected chi connectivity index (χ3v) is 5.14. The number of thiophene rings is 1. The van der Waals surface area contributed by atoms with Gasteiger partial charge in [-0.15, -0.1) is 11.3 Å². The van der Waals surface area contributed by atoms with Crippen molar-refractivity contribution in [2.45, 2.75) is 25.8 Å². The largest absolute Gasteiger partial charge is 0.494 e. The van der Waals surface area contributed by atoms with Crippen molar-refractivity contribution in [2.24, 2.45) is 0 Å². The molecule has 122 valence electrons. The number of halogens is 1. The second-order valence-electron chi connectivity index (χ2n) is 5.44. The first kappa shape index (κ1) is 15.8. The number of anilines is 1. The number of hydrogen-bond donors (Lipinski definition) is 1. The van der Waals surface area contributed by atoms with Gasteiger partial charge in [-0.1, -0.05) is 6.92 Å². The van der Waals surface area contributed by atoms with E-state index in [1.54, 1.807) is 11.3 Å². The fraction of sp³-hybridized carbons (Fsp3) is 0.353. The molecular weight excluding hydrogens is 315 g/mol. The van der Waals surface area contributed by atoms with E-state index in [0.717, 1.165) is 12.8 Å². The van der Waals surface area contributed by atoms with Crippen molar-refractivity contribution in [1.82, 2.24) is 4.90 Å². The molecule has 0 spiro atoms. The molecule has 0 bridgehead atoms. The summed E-state index contributed by atoms with van der Waals surface area (Å²) in [5.41, 5.74) is 1.72. The standard InChI is InChI=1S/C17H19FN2O2S/c1-3-14-12-7-9-23-16(12)6-8-20(14)17(21)19-13-5-4-11(18)10-15(13)22-2/h4-5,7,9-10,14H,3,6,8H2,1-2H3,(H,19,21). The number of nitrogens with zero attached hydrogens (tertiary/aromatic N) is 1. The van der Waals surface area contributed by atoms with Crippen LogP contribution in [0.2, 0.25) is 0 Å². The zero-order chi connectivity index (χ0) is 16.4. The van der Waals surface area contributed by atoms with Crippen molar-refractivity contribution < 1.29 is 13.9 Å². The predicted octanol–water partition coefficient (Wildman–Crippen LogP) is 4.44. The van der Waals surface area contributed by atoms with E-state index in [1.165, 1.54) is 35.7 Å². The van der Waals surface area contributed by atoms with Gasteiger partial charge in [0.1, 0.15) is 11.6 Å². The number of ether oxygens (including phenoxy) is 1. The molecule has 23 heavy (non-hydrogen) atoms. The Morgan fingerprint density at radius 2 is 2.30 bits per heavy atom. The van der Waals surface area contributed by atoms with Crippen LogP contribution in [-0.4, -0.2) is 24.6 Å².